The maximum Gasteiger partial charge on any atom is 0.264 e. The molecule has 4 N–H and O–H groups in total. The summed E-state index contributed by atoms with van der Waals surface area (Å²) in [5, 5.41) is 11.4. The first-order valence-corrected chi connectivity index (χ1v) is 10.1. The first-order chi connectivity index (χ1) is 14.9. The zero-order valence-electron chi connectivity index (χ0n) is 17.6. The van der Waals surface area contributed by atoms with Gasteiger partial charge < -0.3 is 30.2 Å². The fourth-order valence-electron chi connectivity index (χ4n) is 3.69. The number of hydrogen-bond donors (Lipinski definition) is 3. The highest BCUT2D eigenvalue weighted by molar-refractivity contribution is 6.01. The molecule has 1 aliphatic rings. The van der Waals surface area contributed by atoms with Crippen LogP contribution in [0.5, 0.6) is 5.75 Å². The molecule has 0 radical (unpaired) electrons. The predicted molar refractivity (Wildman–Crippen MR) is 114 cm³/mol. The molecule has 0 aliphatic heterocycles. The number of nitrogens with one attached hydrogen (secondary N) is 1. The minimum absolute atomic E-state index is 0.0845. The van der Waals surface area contributed by atoms with Gasteiger partial charge in [-0.2, -0.15) is 0 Å². The number of aromatic nitrogens is 1. The number of carbonyl (C=O) groups is 2. The van der Waals surface area contributed by atoms with Crippen LogP contribution in [0.25, 0.3) is 0 Å². The average Bonchev–Trinajstić information content (AvgIpc) is 3.52. The molecule has 1 heterocycles. The summed E-state index contributed by atoms with van der Waals surface area (Å²) in [5.41, 5.74) is 6.25. The van der Waals surface area contributed by atoms with Crippen LogP contribution >= 0.6 is 0 Å². The number of ether oxygens (including phenoxy) is 2. The largest absolute Gasteiger partial charge is 0.491 e. The van der Waals surface area contributed by atoms with Crippen LogP contribution in [-0.2, 0) is 11.3 Å². The second-order valence-electron chi connectivity index (χ2n) is 7.26. The fourth-order valence-corrected chi connectivity index (χ4v) is 3.69. The van der Waals surface area contributed by atoms with E-state index in [0.29, 0.717) is 24.3 Å². The van der Waals surface area contributed by atoms with Crippen LogP contribution in [0.4, 0.5) is 0 Å². The molecule has 1 fully saturated rings. The van der Waals surface area contributed by atoms with E-state index in [1.54, 1.807) is 24.3 Å². The highest BCUT2D eigenvalue weighted by Gasteiger charge is 2.44. The van der Waals surface area contributed by atoms with Crippen molar-refractivity contribution in [3.05, 3.63) is 63.1 Å². The van der Waals surface area contributed by atoms with Gasteiger partial charge >= 0.3 is 0 Å². The van der Waals surface area contributed by atoms with Crippen molar-refractivity contribution in [1.29, 1.82) is 0 Å². The van der Waals surface area contributed by atoms with E-state index in [1.807, 2.05) is 6.92 Å². The van der Waals surface area contributed by atoms with Gasteiger partial charge in [0.05, 0.1) is 24.8 Å². The number of nitrogens with two attached hydrogens (primary N) is 1. The molecule has 3 rings (SSSR count). The summed E-state index contributed by atoms with van der Waals surface area (Å²) in [6.45, 7) is 2.49. The lowest BCUT2D eigenvalue weighted by atomic mass is 9.97. The SMILES string of the molecule is CCO[C@@H]1C[C@@H]1c1c(C(N)=O)cn(Cc2cccc(OCCO)c2)c(=O)c1C(=O)NC. The number of pyridine rings is 1. The van der Waals surface area contributed by atoms with Gasteiger partial charge in [-0.05, 0) is 36.6 Å². The Bertz CT molecular complexity index is 1030. The van der Waals surface area contributed by atoms with E-state index in [1.165, 1.54) is 17.8 Å². The van der Waals surface area contributed by atoms with E-state index in [2.05, 4.69) is 5.32 Å². The fraction of sp³-hybridized carbons (Fsp3) is 0.409. The summed E-state index contributed by atoms with van der Waals surface area (Å²) >= 11 is 0. The molecule has 1 aliphatic carbocycles. The number of nitrogens with zero attached hydrogens (tertiary/aromatic N) is 1. The highest BCUT2D eigenvalue weighted by atomic mass is 16.5. The first-order valence-electron chi connectivity index (χ1n) is 10.1. The molecule has 1 aromatic carbocycles. The number of aliphatic hydroxyl groups is 1. The van der Waals surface area contributed by atoms with Gasteiger partial charge in [-0.3, -0.25) is 14.4 Å². The van der Waals surface area contributed by atoms with E-state index in [9.17, 15) is 14.4 Å². The minimum Gasteiger partial charge on any atom is -0.491 e. The molecule has 2 atom stereocenters. The molecule has 2 amide bonds. The Morgan fingerprint density at radius 2 is 2.13 bits per heavy atom. The normalized spacial score (nSPS) is 17.3. The van der Waals surface area contributed by atoms with Crippen molar-refractivity contribution < 1.29 is 24.2 Å². The van der Waals surface area contributed by atoms with E-state index in [4.69, 9.17) is 20.3 Å². The number of hydrogen-bond acceptors (Lipinski definition) is 6. The third-order valence-corrected chi connectivity index (χ3v) is 5.13. The van der Waals surface area contributed by atoms with Gasteiger partial charge in [0, 0.05) is 25.8 Å². The summed E-state index contributed by atoms with van der Waals surface area (Å²) < 4.78 is 12.3. The Kier molecular flexibility index (Phi) is 7.09. The lowest BCUT2D eigenvalue weighted by molar-refractivity contribution is 0.0959. The summed E-state index contributed by atoms with van der Waals surface area (Å²) in [6, 6.07) is 7.01. The lowest BCUT2D eigenvalue weighted by Gasteiger charge is -2.16. The molecular weight excluding hydrogens is 402 g/mol. The molecule has 31 heavy (non-hydrogen) atoms. The standard InChI is InChI=1S/C22H27N3O6/c1-3-30-17-10-15(17)18-16(20(23)27)12-25(22(29)19(18)21(28)24-2)11-13-5-4-6-14(9-13)31-8-7-26/h4-6,9,12,15,17,26H,3,7-8,10-11H2,1-2H3,(H2,23,27)(H,24,28)/t15-,17+/m0/s1. The Labute approximate surface area is 179 Å². The topological polar surface area (TPSA) is 133 Å². The van der Waals surface area contributed by atoms with Crippen LogP contribution < -0.4 is 21.3 Å². The van der Waals surface area contributed by atoms with Crippen LogP contribution in [0.3, 0.4) is 0 Å². The van der Waals surface area contributed by atoms with Gasteiger partial charge in [-0.15, -0.1) is 0 Å². The first kappa shape index (κ1) is 22.5. The zero-order valence-corrected chi connectivity index (χ0v) is 17.6. The Morgan fingerprint density at radius 3 is 2.77 bits per heavy atom. The van der Waals surface area contributed by atoms with Crippen LogP contribution in [0.1, 0.15) is 51.1 Å². The van der Waals surface area contributed by atoms with Crippen molar-refractivity contribution in [2.75, 3.05) is 26.9 Å². The number of primary amides is 1. The Hall–Kier alpha value is -3.17. The maximum absolute atomic E-state index is 13.3. The van der Waals surface area contributed by atoms with Crippen molar-refractivity contribution in [2.45, 2.75) is 31.9 Å². The van der Waals surface area contributed by atoms with Gasteiger partial charge in [0.2, 0.25) is 0 Å². The second-order valence-corrected chi connectivity index (χ2v) is 7.26. The maximum atomic E-state index is 13.3. The summed E-state index contributed by atoms with van der Waals surface area (Å²) in [4.78, 5) is 38.2. The Balaban J connectivity index is 2.06. The molecule has 9 nitrogen and oxygen atoms in total. The number of rotatable bonds is 10. The van der Waals surface area contributed by atoms with Gasteiger partial charge in [-0.25, -0.2) is 0 Å². The van der Waals surface area contributed by atoms with Crippen molar-refractivity contribution in [1.82, 2.24) is 9.88 Å². The van der Waals surface area contributed by atoms with Crippen molar-refractivity contribution in [3.8, 4) is 5.75 Å². The molecule has 0 unspecified atom stereocenters. The number of carbonyl (C=O) groups excluding carboxylic acids is 2. The molecule has 166 valence electrons. The third kappa shape index (κ3) is 4.95. The molecular formula is C22H27N3O6. The second kappa shape index (κ2) is 9.76. The lowest BCUT2D eigenvalue weighted by Crippen LogP contribution is -2.35. The zero-order chi connectivity index (χ0) is 22.5. The molecule has 0 spiro atoms. The van der Waals surface area contributed by atoms with E-state index < -0.39 is 17.4 Å². The van der Waals surface area contributed by atoms with Gasteiger partial charge in [0.25, 0.3) is 17.4 Å². The smallest absolute Gasteiger partial charge is 0.264 e. The highest BCUT2D eigenvalue weighted by Crippen LogP contribution is 2.45. The summed E-state index contributed by atoms with van der Waals surface area (Å²) in [5.74, 6) is -0.974. The predicted octanol–water partition coefficient (Wildman–Crippen LogP) is 0.619. The van der Waals surface area contributed by atoms with Crippen LogP contribution in [0.15, 0.2) is 35.3 Å². The van der Waals surface area contributed by atoms with Crippen molar-refractivity contribution >= 4 is 11.8 Å². The quantitative estimate of drug-likeness (QED) is 0.507. The van der Waals surface area contributed by atoms with Crippen LogP contribution in [0, 0.1) is 0 Å². The van der Waals surface area contributed by atoms with Crippen molar-refractivity contribution in [2.24, 2.45) is 5.73 Å². The summed E-state index contributed by atoms with van der Waals surface area (Å²) in [7, 11) is 1.43. The molecule has 0 bridgehead atoms. The van der Waals surface area contributed by atoms with Crippen LogP contribution in [-0.4, -0.2) is 54.5 Å². The molecule has 9 heteroatoms. The monoisotopic (exact) mass is 429 g/mol. The third-order valence-electron chi connectivity index (χ3n) is 5.13. The Morgan fingerprint density at radius 1 is 1.35 bits per heavy atom. The van der Waals surface area contributed by atoms with Gasteiger partial charge in [0.1, 0.15) is 17.9 Å². The number of benzene rings is 1. The van der Waals surface area contributed by atoms with E-state index >= 15 is 0 Å². The number of amides is 2. The molecule has 1 saturated carbocycles. The number of aliphatic hydroxyl groups excluding tert-OH is 1. The van der Waals surface area contributed by atoms with Crippen LogP contribution in [0.2, 0.25) is 0 Å². The minimum atomic E-state index is -0.712. The average molecular weight is 429 g/mol. The molecule has 1 aromatic heterocycles. The van der Waals surface area contributed by atoms with Gasteiger partial charge in [-0.1, -0.05) is 12.1 Å². The summed E-state index contributed by atoms with van der Waals surface area (Å²) in [6.07, 6.45) is 1.88. The molecule has 2 aromatic rings. The van der Waals surface area contributed by atoms with E-state index in [0.717, 1.165) is 5.56 Å². The van der Waals surface area contributed by atoms with Gasteiger partial charge in [0.15, 0.2) is 0 Å². The van der Waals surface area contributed by atoms with Crippen molar-refractivity contribution in [3.63, 3.8) is 0 Å². The van der Waals surface area contributed by atoms with E-state index in [-0.39, 0.29) is 42.9 Å². The molecule has 0 saturated heterocycles.